The van der Waals surface area contributed by atoms with Gasteiger partial charge in [-0.2, -0.15) is 0 Å². The average molecular weight is 413 g/mol. The molecule has 0 radical (unpaired) electrons. The molecular weight excluding hydrogens is 399 g/mol. The van der Waals surface area contributed by atoms with Gasteiger partial charge in [-0.25, -0.2) is 4.98 Å². The molecule has 0 aliphatic carbocycles. The molecule has 3 nitrogen and oxygen atoms in total. The monoisotopic (exact) mass is 412 g/mol. The second-order valence-electron chi connectivity index (χ2n) is 4.75. The molecular formula is C16H14ClIN2O. The summed E-state index contributed by atoms with van der Waals surface area (Å²) in [4.78, 5) is 4.67. The normalized spacial score (nSPS) is 12.6. The third kappa shape index (κ3) is 2.74. The van der Waals surface area contributed by atoms with Gasteiger partial charge in [-0.3, -0.25) is 4.57 Å². The van der Waals surface area contributed by atoms with Crippen LogP contribution >= 0.6 is 34.2 Å². The summed E-state index contributed by atoms with van der Waals surface area (Å²) in [6.07, 6.45) is 0. The first kappa shape index (κ1) is 14.7. The lowest BCUT2D eigenvalue weighted by atomic mass is 10.2. The second kappa shape index (κ2) is 5.85. The molecule has 1 atom stereocenters. The van der Waals surface area contributed by atoms with Gasteiger partial charge in [-0.05, 0) is 65.9 Å². The van der Waals surface area contributed by atoms with Gasteiger partial charge < -0.3 is 4.74 Å². The SMILES string of the molecule is COc1ccc2c(c1)nc(C(C)Cl)n2-c1ccc(I)cc1. The maximum absolute atomic E-state index is 6.32. The predicted octanol–water partition coefficient (Wildman–Crippen LogP) is 4.94. The highest BCUT2D eigenvalue weighted by molar-refractivity contribution is 14.1. The van der Waals surface area contributed by atoms with Gasteiger partial charge in [0.1, 0.15) is 11.6 Å². The third-order valence-corrected chi connectivity index (χ3v) is 4.24. The fourth-order valence-corrected chi connectivity index (χ4v) is 2.84. The Kier molecular flexibility index (Phi) is 4.08. The number of rotatable bonds is 3. The fourth-order valence-electron chi connectivity index (χ4n) is 2.33. The standard InChI is InChI=1S/C16H14ClIN2O/c1-10(17)16-19-14-9-13(21-2)7-8-15(14)20(16)12-5-3-11(18)4-6-12/h3-10H,1-2H3. The van der Waals surface area contributed by atoms with E-state index in [2.05, 4.69) is 56.4 Å². The molecule has 0 N–H and O–H groups in total. The van der Waals surface area contributed by atoms with Crippen LogP contribution < -0.4 is 4.74 Å². The van der Waals surface area contributed by atoms with Crippen LogP contribution in [0.2, 0.25) is 0 Å². The van der Waals surface area contributed by atoms with E-state index in [0.29, 0.717) is 0 Å². The minimum atomic E-state index is -0.178. The molecule has 108 valence electrons. The third-order valence-electron chi connectivity index (χ3n) is 3.33. The molecule has 5 heteroatoms. The van der Waals surface area contributed by atoms with E-state index in [9.17, 15) is 0 Å². The van der Waals surface area contributed by atoms with Crippen molar-refractivity contribution in [1.82, 2.24) is 9.55 Å². The predicted molar refractivity (Wildman–Crippen MR) is 94.6 cm³/mol. The number of hydrogen-bond donors (Lipinski definition) is 0. The van der Waals surface area contributed by atoms with E-state index in [-0.39, 0.29) is 5.38 Å². The van der Waals surface area contributed by atoms with Crippen LogP contribution in [-0.2, 0) is 0 Å². The molecule has 0 saturated carbocycles. The maximum atomic E-state index is 6.32. The summed E-state index contributed by atoms with van der Waals surface area (Å²) in [6, 6.07) is 14.2. The van der Waals surface area contributed by atoms with Gasteiger partial charge in [-0.15, -0.1) is 11.6 Å². The number of methoxy groups -OCH3 is 1. The summed E-state index contributed by atoms with van der Waals surface area (Å²) in [5, 5.41) is -0.178. The summed E-state index contributed by atoms with van der Waals surface area (Å²) >= 11 is 8.61. The van der Waals surface area contributed by atoms with E-state index in [0.717, 1.165) is 28.3 Å². The molecule has 0 aliphatic heterocycles. The largest absolute Gasteiger partial charge is 0.497 e. The zero-order valence-electron chi connectivity index (χ0n) is 11.7. The number of fused-ring (bicyclic) bond motifs is 1. The van der Waals surface area contributed by atoms with Crippen LogP contribution in [0.15, 0.2) is 42.5 Å². The molecule has 0 fully saturated rings. The van der Waals surface area contributed by atoms with Crippen molar-refractivity contribution in [2.24, 2.45) is 0 Å². The zero-order valence-corrected chi connectivity index (χ0v) is 14.6. The van der Waals surface area contributed by atoms with Crippen LogP contribution in [0.3, 0.4) is 0 Å². The first-order valence-electron chi connectivity index (χ1n) is 6.56. The molecule has 21 heavy (non-hydrogen) atoms. The van der Waals surface area contributed by atoms with E-state index in [1.807, 2.05) is 25.1 Å². The van der Waals surface area contributed by atoms with E-state index in [4.69, 9.17) is 16.3 Å². The van der Waals surface area contributed by atoms with Gasteiger partial charge in [0.15, 0.2) is 0 Å². The molecule has 1 heterocycles. The fraction of sp³-hybridized carbons (Fsp3) is 0.188. The van der Waals surface area contributed by atoms with Crippen molar-refractivity contribution in [3.05, 3.63) is 51.9 Å². The molecule has 3 aromatic rings. The molecule has 1 aromatic heterocycles. The molecule has 1 unspecified atom stereocenters. The van der Waals surface area contributed by atoms with Gasteiger partial charge in [0.25, 0.3) is 0 Å². The molecule has 2 aromatic carbocycles. The number of nitrogens with zero attached hydrogens (tertiary/aromatic N) is 2. The number of alkyl halides is 1. The lowest BCUT2D eigenvalue weighted by molar-refractivity contribution is 0.415. The molecule has 0 spiro atoms. The van der Waals surface area contributed by atoms with Crippen molar-refractivity contribution in [2.45, 2.75) is 12.3 Å². The highest BCUT2D eigenvalue weighted by atomic mass is 127. The Bertz CT molecular complexity index is 781. The van der Waals surface area contributed by atoms with Gasteiger partial charge in [0.05, 0.1) is 23.5 Å². The number of ether oxygens (including phenoxy) is 1. The van der Waals surface area contributed by atoms with Crippen molar-refractivity contribution in [2.75, 3.05) is 7.11 Å². The highest BCUT2D eigenvalue weighted by Gasteiger charge is 2.16. The Balaban J connectivity index is 2.28. The van der Waals surface area contributed by atoms with Crippen LogP contribution in [0.25, 0.3) is 16.7 Å². The van der Waals surface area contributed by atoms with E-state index < -0.39 is 0 Å². The number of benzene rings is 2. The van der Waals surface area contributed by atoms with Crippen molar-refractivity contribution in [3.63, 3.8) is 0 Å². The Labute approximate surface area is 142 Å². The van der Waals surface area contributed by atoms with Crippen molar-refractivity contribution in [1.29, 1.82) is 0 Å². The Morgan fingerprint density at radius 1 is 1.19 bits per heavy atom. The summed E-state index contributed by atoms with van der Waals surface area (Å²) in [7, 11) is 1.66. The Hall–Kier alpha value is -1.27. The van der Waals surface area contributed by atoms with Gasteiger partial charge >= 0.3 is 0 Å². The topological polar surface area (TPSA) is 27.1 Å². The Morgan fingerprint density at radius 2 is 1.90 bits per heavy atom. The maximum Gasteiger partial charge on any atom is 0.132 e. The van der Waals surface area contributed by atoms with E-state index in [1.165, 1.54) is 3.57 Å². The lowest BCUT2D eigenvalue weighted by Crippen LogP contribution is -2.01. The van der Waals surface area contributed by atoms with Crippen LogP contribution in [0, 0.1) is 3.57 Å². The number of halogens is 2. The number of imidazole rings is 1. The smallest absolute Gasteiger partial charge is 0.132 e. The summed E-state index contributed by atoms with van der Waals surface area (Å²) in [6.45, 7) is 1.93. The van der Waals surface area contributed by atoms with Crippen LogP contribution in [0.4, 0.5) is 0 Å². The van der Waals surface area contributed by atoms with Gasteiger partial charge in [0, 0.05) is 15.3 Å². The molecule has 0 aliphatic rings. The molecule has 0 saturated heterocycles. The van der Waals surface area contributed by atoms with Crippen LogP contribution in [0.5, 0.6) is 5.75 Å². The summed E-state index contributed by atoms with van der Waals surface area (Å²) < 4.78 is 8.57. The lowest BCUT2D eigenvalue weighted by Gasteiger charge is -2.10. The number of aromatic nitrogens is 2. The summed E-state index contributed by atoms with van der Waals surface area (Å²) in [5.41, 5.74) is 2.97. The molecule has 0 amide bonds. The van der Waals surface area contributed by atoms with Gasteiger partial charge in [-0.1, -0.05) is 0 Å². The van der Waals surface area contributed by atoms with Crippen LogP contribution in [0.1, 0.15) is 18.1 Å². The zero-order chi connectivity index (χ0) is 15.0. The minimum Gasteiger partial charge on any atom is -0.497 e. The second-order valence-corrected chi connectivity index (χ2v) is 6.65. The van der Waals surface area contributed by atoms with Crippen molar-refractivity contribution >= 4 is 45.2 Å². The quantitative estimate of drug-likeness (QED) is 0.450. The van der Waals surface area contributed by atoms with E-state index >= 15 is 0 Å². The summed E-state index contributed by atoms with van der Waals surface area (Å²) in [5.74, 6) is 1.63. The molecule has 0 bridgehead atoms. The first-order chi connectivity index (χ1) is 10.1. The van der Waals surface area contributed by atoms with Crippen molar-refractivity contribution in [3.8, 4) is 11.4 Å². The van der Waals surface area contributed by atoms with Gasteiger partial charge in [0.2, 0.25) is 0 Å². The first-order valence-corrected chi connectivity index (χ1v) is 8.08. The minimum absolute atomic E-state index is 0.178. The van der Waals surface area contributed by atoms with E-state index in [1.54, 1.807) is 7.11 Å². The number of hydrogen-bond acceptors (Lipinski definition) is 2. The van der Waals surface area contributed by atoms with Crippen molar-refractivity contribution < 1.29 is 4.74 Å². The average Bonchev–Trinajstić information content (AvgIpc) is 2.86. The highest BCUT2D eigenvalue weighted by Crippen LogP contribution is 2.30. The Morgan fingerprint density at radius 3 is 2.52 bits per heavy atom. The molecule has 3 rings (SSSR count). The van der Waals surface area contributed by atoms with Crippen LogP contribution in [-0.4, -0.2) is 16.7 Å².